The zero-order valence-corrected chi connectivity index (χ0v) is 10.7. The molecule has 0 spiro atoms. The van der Waals surface area contributed by atoms with E-state index in [0.717, 1.165) is 31.3 Å². The van der Waals surface area contributed by atoms with Crippen molar-refractivity contribution in [3.05, 3.63) is 35.4 Å². The lowest BCUT2D eigenvalue weighted by atomic mass is 10.1. The van der Waals surface area contributed by atoms with Crippen LogP contribution in [0.3, 0.4) is 0 Å². The van der Waals surface area contributed by atoms with Crippen LogP contribution in [0.25, 0.3) is 0 Å². The quantitative estimate of drug-likeness (QED) is 0.818. The van der Waals surface area contributed by atoms with Crippen LogP contribution in [0, 0.1) is 0 Å². The van der Waals surface area contributed by atoms with Crippen molar-refractivity contribution >= 4 is 11.8 Å². The highest BCUT2D eigenvalue weighted by molar-refractivity contribution is 7.98. The molecule has 18 heavy (non-hydrogen) atoms. The molecule has 100 valence electrons. The van der Waals surface area contributed by atoms with Gasteiger partial charge in [-0.05, 0) is 24.5 Å². The minimum atomic E-state index is -4.26. The lowest BCUT2D eigenvalue weighted by molar-refractivity contribution is -0.138. The number of benzene rings is 1. The van der Waals surface area contributed by atoms with Crippen molar-refractivity contribution in [1.82, 2.24) is 0 Å². The van der Waals surface area contributed by atoms with Crippen LogP contribution in [-0.2, 0) is 16.7 Å². The number of hydrogen-bond donors (Lipinski definition) is 0. The molecule has 0 amide bonds. The molecule has 0 bridgehead atoms. The minimum absolute atomic E-state index is 0.216. The molecule has 0 radical (unpaired) electrons. The third-order valence-corrected chi connectivity index (χ3v) is 4.03. The molecule has 1 aromatic carbocycles. The van der Waals surface area contributed by atoms with Crippen molar-refractivity contribution in [3.63, 3.8) is 0 Å². The molecular formula is C13H15F3OS. The smallest absolute Gasteiger partial charge is 0.377 e. The summed E-state index contributed by atoms with van der Waals surface area (Å²) in [6.07, 6.45) is -1.97. The Balaban J connectivity index is 1.92. The molecule has 1 unspecified atom stereocenters. The predicted octanol–water partition coefficient (Wildman–Crippen LogP) is 4.12. The Morgan fingerprint density at radius 3 is 2.72 bits per heavy atom. The summed E-state index contributed by atoms with van der Waals surface area (Å²) in [5.74, 6) is 1.15. The second-order valence-electron chi connectivity index (χ2n) is 4.31. The molecule has 1 aliphatic heterocycles. The number of hydrogen-bond acceptors (Lipinski definition) is 2. The molecule has 5 heteroatoms. The van der Waals surface area contributed by atoms with Gasteiger partial charge in [0.05, 0.1) is 11.7 Å². The van der Waals surface area contributed by atoms with Gasteiger partial charge >= 0.3 is 6.18 Å². The third kappa shape index (κ3) is 3.65. The first-order chi connectivity index (χ1) is 8.57. The maximum atomic E-state index is 12.7. The summed E-state index contributed by atoms with van der Waals surface area (Å²) in [4.78, 5) is 0. The zero-order valence-electron chi connectivity index (χ0n) is 9.87. The normalized spacial score (nSPS) is 20.3. The van der Waals surface area contributed by atoms with Crippen LogP contribution in [0.15, 0.2) is 24.3 Å². The van der Waals surface area contributed by atoms with Crippen LogP contribution in [0.4, 0.5) is 13.2 Å². The standard InChI is InChI=1S/C13H15F3OS/c14-13(15,16)12-6-2-1-4-10(12)8-18-9-11-5-3-7-17-11/h1-2,4,6,11H,3,5,7-9H2. The molecular weight excluding hydrogens is 261 g/mol. The molecule has 1 aromatic rings. The van der Waals surface area contributed by atoms with Gasteiger partial charge in [-0.15, -0.1) is 0 Å². The van der Waals surface area contributed by atoms with E-state index in [1.807, 2.05) is 0 Å². The van der Waals surface area contributed by atoms with Gasteiger partial charge in [0.15, 0.2) is 0 Å². The number of ether oxygens (including phenoxy) is 1. The first-order valence-electron chi connectivity index (χ1n) is 5.92. The van der Waals surface area contributed by atoms with Gasteiger partial charge in [0.1, 0.15) is 0 Å². The molecule has 1 saturated heterocycles. The molecule has 2 rings (SSSR count). The summed E-state index contributed by atoms with van der Waals surface area (Å²) in [6, 6.07) is 5.77. The topological polar surface area (TPSA) is 9.23 Å². The van der Waals surface area contributed by atoms with E-state index in [1.165, 1.54) is 17.8 Å². The van der Waals surface area contributed by atoms with Gasteiger partial charge in [-0.3, -0.25) is 0 Å². The Labute approximate surface area is 109 Å². The first kappa shape index (κ1) is 13.7. The number of thioether (sulfide) groups is 1. The molecule has 0 saturated carbocycles. The van der Waals surface area contributed by atoms with Crippen molar-refractivity contribution in [2.75, 3.05) is 12.4 Å². The fourth-order valence-electron chi connectivity index (χ4n) is 2.00. The van der Waals surface area contributed by atoms with Gasteiger partial charge in [0.2, 0.25) is 0 Å². The van der Waals surface area contributed by atoms with Gasteiger partial charge < -0.3 is 4.74 Å². The predicted molar refractivity (Wildman–Crippen MR) is 66.6 cm³/mol. The SMILES string of the molecule is FC(F)(F)c1ccccc1CSCC1CCCO1. The molecule has 1 aliphatic rings. The van der Waals surface area contributed by atoms with E-state index in [0.29, 0.717) is 11.3 Å². The Morgan fingerprint density at radius 2 is 2.06 bits per heavy atom. The maximum absolute atomic E-state index is 12.7. The zero-order chi connectivity index (χ0) is 13.0. The molecule has 1 atom stereocenters. The highest BCUT2D eigenvalue weighted by Gasteiger charge is 2.32. The number of halogens is 3. The van der Waals surface area contributed by atoms with Crippen LogP contribution in [-0.4, -0.2) is 18.5 Å². The fraction of sp³-hybridized carbons (Fsp3) is 0.538. The van der Waals surface area contributed by atoms with Crippen molar-refractivity contribution in [1.29, 1.82) is 0 Å². The molecule has 1 fully saturated rings. The van der Waals surface area contributed by atoms with Gasteiger partial charge in [0, 0.05) is 18.1 Å². The van der Waals surface area contributed by atoms with Gasteiger partial charge in [-0.25, -0.2) is 0 Å². The summed E-state index contributed by atoms with van der Waals surface area (Å²) in [5.41, 5.74) is -0.169. The number of alkyl halides is 3. The highest BCUT2D eigenvalue weighted by Crippen LogP contribution is 2.33. The lowest BCUT2D eigenvalue weighted by Gasteiger charge is -2.13. The van der Waals surface area contributed by atoms with Crippen LogP contribution in [0.2, 0.25) is 0 Å². The van der Waals surface area contributed by atoms with E-state index in [9.17, 15) is 13.2 Å². The van der Waals surface area contributed by atoms with E-state index in [-0.39, 0.29) is 6.10 Å². The largest absolute Gasteiger partial charge is 0.416 e. The molecule has 0 N–H and O–H groups in total. The molecule has 1 nitrogen and oxygen atoms in total. The molecule has 0 aromatic heterocycles. The Bertz CT molecular complexity index is 386. The third-order valence-electron chi connectivity index (χ3n) is 2.91. The summed E-state index contributed by atoms with van der Waals surface area (Å²) < 4.78 is 43.7. The van der Waals surface area contributed by atoms with E-state index < -0.39 is 11.7 Å². The second kappa shape index (κ2) is 5.97. The molecule has 0 aliphatic carbocycles. The fourth-order valence-corrected chi connectivity index (χ4v) is 3.11. The second-order valence-corrected chi connectivity index (χ2v) is 5.34. The summed E-state index contributed by atoms with van der Waals surface area (Å²) in [5, 5.41) is 0. The van der Waals surface area contributed by atoms with Gasteiger partial charge in [0.25, 0.3) is 0 Å². The average molecular weight is 276 g/mol. The summed E-state index contributed by atoms with van der Waals surface area (Å²) in [6.45, 7) is 0.782. The Kier molecular flexibility index (Phi) is 4.56. The van der Waals surface area contributed by atoms with Crippen molar-refractivity contribution in [2.24, 2.45) is 0 Å². The van der Waals surface area contributed by atoms with E-state index >= 15 is 0 Å². The van der Waals surface area contributed by atoms with Crippen LogP contribution < -0.4 is 0 Å². The summed E-state index contributed by atoms with van der Waals surface area (Å²) >= 11 is 1.51. The Hall–Kier alpha value is -0.680. The van der Waals surface area contributed by atoms with E-state index in [2.05, 4.69) is 0 Å². The number of rotatable bonds is 4. The minimum Gasteiger partial charge on any atom is -0.377 e. The van der Waals surface area contributed by atoms with Gasteiger partial charge in [-0.2, -0.15) is 24.9 Å². The Morgan fingerprint density at radius 1 is 1.28 bits per heavy atom. The van der Waals surface area contributed by atoms with Crippen LogP contribution in [0.5, 0.6) is 0 Å². The van der Waals surface area contributed by atoms with Crippen molar-refractivity contribution in [2.45, 2.75) is 30.9 Å². The average Bonchev–Trinajstić information content (AvgIpc) is 2.81. The van der Waals surface area contributed by atoms with Crippen molar-refractivity contribution < 1.29 is 17.9 Å². The maximum Gasteiger partial charge on any atom is 0.416 e. The van der Waals surface area contributed by atoms with Gasteiger partial charge in [-0.1, -0.05) is 18.2 Å². The lowest BCUT2D eigenvalue weighted by Crippen LogP contribution is -2.10. The van der Waals surface area contributed by atoms with Crippen LogP contribution in [0.1, 0.15) is 24.0 Å². The van der Waals surface area contributed by atoms with E-state index in [4.69, 9.17) is 4.74 Å². The van der Waals surface area contributed by atoms with Crippen LogP contribution >= 0.6 is 11.8 Å². The first-order valence-corrected chi connectivity index (χ1v) is 7.07. The highest BCUT2D eigenvalue weighted by atomic mass is 32.2. The van der Waals surface area contributed by atoms with E-state index in [1.54, 1.807) is 12.1 Å². The summed E-state index contributed by atoms with van der Waals surface area (Å²) in [7, 11) is 0. The monoisotopic (exact) mass is 276 g/mol. The van der Waals surface area contributed by atoms with Crippen molar-refractivity contribution in [3.8, 4) is 0 Å². The molecule has 1 heterocycles.